The summed E-state index contributed by atoms with van der Waals surface area (Å²) in [6.45, 7) is 0.796. The molecule has 0 unspecified atom stereocenters. The van der Waals surface area contributed by atoms with Crippen LogP contribution in [0, 0.1) is 0 Å². The summed E-state index contributed by atoms with van der Waals surface area (Å²) >= 11 is 0. The van der Waals surface area contributed by atoms with Gasteiger partial charge in [0, 0.05) is 4.91 Å². The normalized spacial score (nSPS) is 21.0. The Hall–Kier alpha value is -1.51. The van der Waals surface area contributed by atoms with E-state index in [2.05, 4.69) is 10.0 Å². The minimum Gasteiger partial charge on any atom is -0.373 e. The summed E-state index contributed by atoms with van der Waals surface area (Å²) in [6, 6.07) is 9.70. The molecule has 1 fully saturated rings. The topological polar surface area (TPSA) is 61.3 Å². The van der Waals surface area contributed by atoms with Crippen molar-refractivity contribution in [2.75, 3.05) is 6.61 Å². The van der Waals surface area contributed by atoms with Gasteiger partial charge in [-0.3, -0.25) is 0 Å². The second-order valence-electron chi connectivity index (χ2n) is 3.32. The number of ether oxygens (including phenoxy) is 1. The summed E-state index contributed by atoms with van der Waals surface area (Å²) in [5.74, 6) is 0. The van der Waals surface area contributed by atoms with E-state index in [0.717, 1.165) is 18.6 Å². The Morgan fingerprint density at radius 3 is 2.79 bits per heavy atom. The fourth-order valence-electron chi connectivity index (χ4n) is 1.44. The summed E-state index contributed by atoms with van der Waals surface area (Å²) in [4.78, 5) is 2.86. The smallest absolute Gasteiger partial charge is 0.0817 e. The molecule has 4 nitrogen and oxygen atoms in total. The Labute approximate surface area is 82.1 Å². The molecule has 14 heavy (non-hydrogen) atoms. The van der Waals surface area contributed by atoms with Gasteiger partial charge in [-0.2, -0.15) is 0 Å². The Balaban J connectivity index is 2.12. The number of rotatable bonds is 4. The van der Waals surface area contributed by atoms with Crippen LogP contribution in [0.15, 0.2) is 35.4 Å². The van der Waals surface area contributed by atoms with E-state index in [9.17, 15) is 0 Å². The highest BCUT2D eigenvalue weighted by Crippen LogP contribution is 2.28. The van der Waals surface area contributed by atoms with Crippen LogP contribution in [0.1, 0.15) is 18.0 Å². The van der Waals surface area contributed by atoms with Crippen LogP contribution in [0.2, 0.25) is 0 Å². The van der Waals surface area contributed by atoms with Crippen molar-refractivity contribution < 1.29 is 4.74 Å². The number of nitrogens with zero attached hydrogens (tertiary/aromatic N) is 3. The van der Waals surface area contributed by atoms with Gasteiger partial charge in [0.25, 0.3) is 0 Å². The molecule has 1 heterocycles. The van der Waals surface area contributed by atoms with Crippen molar-refractivity contribution >= 4 is 0 Å². The predicted octanol–water partition coefficient (Wildman–Crippen LogP) is 2.83. The molecule has 2 rings (SSSR count). The first-order valence-corrected chi connectivity index (χ1v) is 4.61. The van der Waals surface area contributed by atoms with Crippen LogP contribution in [-0.4, -0.2) is 12.7 Å². The van der Waals surface area contributed by atoms with Gasteiger partial charge >= 0.3 is 0 Å². The summed E-state index contributed by atoms with van der Waals surface area (Å²) in [5, 5.41) is 3.78. The van der Waals surface area contributed by atoms with E-state index >= 15 is 0 Å². The van der Waals surface area contributed by atoms with Crippen molar-refractivity contribution in [2.45, 2.75) is 18.6 Å². The molecule has 2 atom stereocenters. The molecule has 0 spiro atoms. The van der Waals surface area contributed by atoms with E-state index in [0.29, 0.717) is 0 Å². The standard InChI is InChI=1S/C10H11N3O/c11-13-12-10(6-9-7-14-9)8-4-2-1-3-5-8/h1-5,9-10H,6-7H2/t9-,10-/m1/s1. The highest BCUT2D eigenvalue weighted by atomic mass is 16.6. The molecule has 1 aliphatic rings. The van der Waals surface area contributed by atoms with E-state index in [1.807, 2.05) is 30.3 Å². The zero-order valence-corrected chi connectivity index (χ0v) is 7.71. The lowest BCUT2D eigenvalue weighted by Gasteiger charge is -2.08. The molecule has 0 radical (unpaired) electrons. The monoisotopic (exact) mass is 189 g/mol. The number of hydrogen-bond donors (Lipinski definition) is 0. The molecule has 0 aromatic heterocycles. The van der Waals surface area contributed by atoms with E-state index in [1.165, 1.54) is 0 Å². The lowest BCUT2D eigenvalue weighted by molar-refractivity contribution is 0.381. The van der Waals surface area contributed by atoms with Gasteiger partial charge < -0.3 is 4.74 Å². The van der Waals surface area contributed by atoms with Crippen molar-refractivity contribution in [1.29, 1.82) is 0 Å². The zero-order valence-electron chi connectivity index (χ0n) is 7.71. The minimum atomic E-state index is -0.0892. The van der Waals surface area contributed by atoms with Crippen molar-refractivity contribution in [3.05, 3.63) is 46.3 Å². The first kappa shape index (κ1) is 9.06. The summed E-state index contributed by atoms with van der Waals surface area (Å²) in [5.41, 5.74) is 9.51. The van der Waals surface area contributed by atoms with Crippen molar-refractivity contribution in [1.82, 2.24) is 0 Å². The van der Waals surface area contributed by atoms with Crippen LogP contribution in [0.4, 0.5) is 0 Å². The molecule has 1 aromatic rings. The number of benzene rings is 1. The fraction of sp³-hybridized carbons (Fsp3) is 0.400. The van der Waals surface area contributed by atoms with Gasteiger partial charge in [-0.25, -0.2) is 0 Å². The Morgan fingerprint density at radius 2 is 2.21 bits per heavy atom. The molecular formula is C10H11N3O. The molecule has 0 saturated carbocycles. The van der Waals surface area contributed by atoms with Crippen molar-refractivity contribution in [3.8, 4) is 0 Å². The van der Waals surface area contributed by atoms with E-state index in [-0.39, 0.29) is 12.1 Å². The summed E-state index contributed by atoms with van der Waals surface area (Å²) < 4.78 is 5.12. The van der Waals surface area contributed by atoms with Crippen LogP contribution in [0.5, 0.6) is 0 Å². The third-order valence-corrected chi connectivity index (χ3v) is 2.26. The molecular weight excluding hydrogens is 178 g/mol. The lowest BCUT2D eigenvalue weighted by atomic mass is 10.0. The van der Waals surface area contributed by atoms with Crippen molar-refractivity contribution in [2.24, 2.45) is 5.11 Å². The predicted molar refractivity (Wildman–Crippen MR) is 52.7 cm³/mol. The average Bonchev–Trinajstić information content (AvgIpc) is 3.03. The van der Waals surface area contributed by atoms with Gasteiger partial charge in [0.1, 0.15) is 0 Å². The molecule has 0 aliphatic carbocycles. The van der Waals surface area contributed by atoms with Crippen LogP contribution >= 0.6 is 0 Å². The Morgan fingerprint density at radius 1 is 1.50 bits per heavy atom. The maximum atomic E-state index is 8.45. The Kier molecular flexibility index (Phi) is 2.68. The molecule has 1 aromatic carbocycles. The number of epoxide rings is 1. The van der Waals surface area contributed by atoms with Crippen molar-refractivity contribution in [3.63, 3.8) is 0 Å². The number of azide groups is 1. The zero-order chi connectivity index (χ0) is 9.80. The Bertz CT molecular complexity index is 342. The van der Waals surface area contributed by atoms with Gasteiger partial charge in [-0.15, -0.1) is 0 Å². The highest BCUT2D eigenvalue weighted by Gasteiger charge is 2.26. The van der Waals surface area contributed by atoms with Gasteiger partial charge in [-0.1, -0.05) is 35.4 Å². The maximum Gasteiger partial charge on any atom is 0.0817 e. The molecule has 0 amide bonds. The molecule has 0 bridgehead atoms. The second kappa shape index (κ2) is 4.13. The third-order valence-electron chi connectivity index (χ3n) is 2.26. The van der Waals surface area contributed by atoms with E-state index in [1.54, 1.807) is 0 Å². The van der Waals surface area contributed by atoms with Gasteiger partial charge in [-0.05, 0) is 17.5 Å². The highest BCUT2D eigenvalue weighted by molar-refractivity contribution is 5.19. The van der Waals surface area contributed by atoms with E-state index < -0.39 is 0 Å². The fourth-order valence-corrected chi connectivity index (χ4v) is 1.44. The largest absolute Gasteiger partial charge is 0.373 e. The van der Waals surface area contributed by atoms with Gasteiger partial charge in [0.05, 0.1) is 18.8 Å². The molecule has 4 heteroatoms. The van der Waals surface area contributed by atoms with Gasteiger partial charge in [0.15, 0.2) is 0 Å². The number of hydrogen-bond acceptors (Lipinski definition) is 2. The molecule has 0 N–H and O–H groups in total. The lowest BCUT2D eigenvalue weighted by Crippen LogP contribution is -1.98. The van der Waals surface area contributed by atoms with Gasteiger partial charge in [0.2, 0.25) is 0 Å². The summed E-state index contributed by atoms with van der Waals surface area (Å²) in [7, 11) is 0. The molecule has 1 saturated heterocycles. The van der Waals surface area contributed by atoms with E-state index in [4.69, 9.17) is 10.3 Å². The summed E-state index contributed by atoms with van der Waals surface area (Å²) in [6.07, 6.45) is 1.07. The first-order chi connectivity index (χ1) is 6.90. The second-order valence-corrected chi connectivity index (χ2v) is 3.32. The van der Waals surface area contributed by atoms with Crippen LogP contribution in [-0.2, 0) is 4.74 Å². The first-order valence-electron chi connectivity index (χ1n) is 4.61. The SMILES string of the molecule is [N-]=[N+]=N[C@H](C[C@@H]1CO1)c1ccccc1. The average molecular weight is 189 g/mol. The third kappa shape index (κ3) is 2.25. The van der Waals surface area contributed by atoms with Crippen LogP contribution in [0.3, 0.4) is 0 Å². The maximum absolute atomic E-state index is 8.45. The van der Waals surface area contributed by atoms with Crippen LogP contribution < -0.4 is 0 Å². The van der Waals surface area contributed by atoms with Crippen LogP contribution in [0.25, 0.3) is 10.4 Å². The minimum absolute atomic E-state index is 0.0892. The quantitative estimate of drug-likeness (QED) is 0.311. The molecule has 1 aliphatic heterocycles. The molecule has 72 valence electrons.